The van der Waals surface area contributed by atoms with E-state index in [-0.39, 0.29) is 11.5 Å². The highest BCUT2D eigenvalue weighted by Gasteiger charge is 2.28. The summed E-state index contributed by atoms with van der Waals surface area (Å²) >= 11 is 0. The number of carboxylic acids is 1. The third kappa shape index (κ3) is 4.21. The summed E-state index contributed by atoms with van der Waals surface area (Å²) in [4.78, 5) is 19.3. The van der Waals surface area contributed by atoms with E-state index in [4.69, 9.17) is 5.11 Å². The molecule has 2 aromatic rings. The van der Waals surface area contributed by atoms with Gasteiger partial charge in [0.1, 0.15) is 0 Å². The second-order valence-electron chi connectivity index (χ2n) is 6.30. The first-order chi connectivity index (χ1) is 11.8. The molecule has 0 radical (unpaired) electrons. The molecule has 1 N–H and O–H groups in total. The Morgan fingerprint density at radius 3 is 2.84 bits per heavy atom. The van der Waals surface area contributed by atoms with Crippen molar-refractivity contribution in [1.82, 2.24) is 14.3 Å². The molecule has 0 bridgehead atoms. The number of hydrogen-bond donors (Lipinski definition) is 1. The van der Waals surface area contributed by atoms with Gasteiger partial charge in [0.2, 0.25) is 10.0 Å². The number of nitrogens with zero attached hydrogens (tertiary/aromatic N) is 3. The molecule has 0 saturated carbocycles. The van der Waals surface area contributed by atoms with Gasteiger partial charge < -0.3 is 5.11 Å². The van der Waals surface area contributed by atoms with Gasteiger partial charge in [0.25, 0.3) is 0 Å². The van der Waals surface area contributed by atoms with Gasteiger partial charge in [-0.15, -0.1) is 0 Å². The molecule has 1 fully saturated rings. The first kappa shape index (κ1) is 17.5. The molecular weight excluding hydrogens is 342 g/mol. The molecule has 0 amide bonds. The van der Waals surface area contributed by atoms with E-state index in [1.165, 1.54) is 16.8 Å². The number of pyridine rings is 2. The summed E-state index contributed by atoms with van der Waals surface area (Å²) in [6.45, 7) is 1.10. The number of aromatic carboxylic acids is 1. The Bertz CT molecular complexity index is 898. The monoisotopic (exact) mass is 361 g/mol. The van der Waals surface area contributed by atoms with E-state index < -0.39 is 16.0 Å². The van der Waals surface area contributed by atoms with Gasteiger partial charge in [0, 0.05) is 37.2 Å². The quantitative estimate of drug-likeness (QED) is 0.869. The summed E-state index contributed by atoms with van der Waals surface area (Å²) in [5.41, 5.74) is 2.47. The molecule has 2 aromatic heterocycles. The molecule has 1 saturated heterocycles. The SMILES string of the molecule is CS(=O)(=O)N1CC[C@H](Cc2ccnc(-c3cncc(C(=O)O)c3)c2)C1. The highest BCUT2D eigenvalue weighted by Crippen LogP contribution is 2.24. The first-order valence-corrected chi connectivity index (χ1v) is 9.76. The topological polar surface area (TPSA) is 100 Å². The molecule has 1 aliphatic rings. The second-order valence-corrected chi connectivity index (χ2v) is 8.28. The van der Waals surface area contributed by atoms with Gasteiger partial charge >= 0.3 is 5.97 Å². The van der Waals surface area contributed by atoms with Crippen LogP contribution in [0.15, 0.2) is 36.8 Å². The lowest BCUT2D eigenvalue weighted by Gasteiger charge is -2.13. The molecule has 3 heterocycles. The minimum atomic E-state index is -3.13. The molecule has 1 aliphatic heterocycles. The third-order valence-electron chi connectivity index (χ3n) is 4.35. The smallest absolute Gasteiger partial charge is 0.337 e. The molecule has 3 rings (SSSR count). The van der Waals surface area contributed by atoms with Crippen LogP contribution in [0.1, 0.15) is 22.3 Å². The highest BCUT2D eigenvalue weighted by atomic mass is 32.2. The van der Waals surface area contributed by atoms with E-state index in [0.717, 1.165) is 18.4 Å². The van der Waals surface area contributed by atoms with E-state index in [1.807, 2.05) is 12.1 Å². The molecule has 0 aromatic carbocycles. The number of carboxylic acid groups (broad SMARTS) is 1. The number of hydrogen-bond acceptors (Lipinski definition) is 5. The molecule has 8 heteroatoms. The van der Waals surface area contributed by atoms with Gasteiger partial charge in [0.05, 0.1) is 17.5 Å². The summed E-state index contributed by atoms with van der Waals surface area (Å²) in [7, 11) is -3.13. The van der Waals surface area contributed by atoms with Crippen LogP contribution >= 0.6 is 0 Å². The standard InChI is InChI=1S/C17H19N3O4S/c1-25(23,24)20-5-3-13(11-20)6-12-2-4-19-16(7-12)14-8-15(17(21)22)10-18-9-14/h2,4,7-10,13H,3,5-6,11H2,1H3,(H,21,22)/t13-/m1/s1. The summed E-state index contributed by atoms with van der Waals surface area (Å²) in [6, 6.07) is 5.36. The van der Waals surface area contributed by atoms with Gasteiger partial charge in [0.15, 0.2) is 0 Å². The largest absolute Gasteiger partial charge is 0.478 e. The Balaban J connectivity index is 1.77. The van der Waals surface area contributed by atoms with Crippen LogP contribution in [0.5, 0.6) is 0 Å². The fraction of sp³-hybridized carbons (Fsp3) is 0.353. The highest BCUT2D eigenvalue weighted by molar-refractivity contribution is 7.88. The predicted octanol–water partition coefficient (Wildman–Crippen LogP) is 1.67. The fourth-order valence-electron chi connectivity index (χ4n) is 3.05. The van der Waals surface area contributed by atoms with Gasteiger partial charge in [-0.3, -0.25) is 9.97 Å². The van der Waals surface area contributed by atoms with E-state index in [2.05, 4.69) is 9.97 Å². The minimum Gasteiger partial charge on any atom is -0.478 e. The maximum atomic E-state index is 11.6. The van der Waals surface area contributed by atoms with Crippen molar-refractivity contribution in [2.45, 2.75) is 12.8 Å². The number of carbonyl (C=O) groups is 1. The van der Waals surface area contributed by atoms with Crippen molar-refractivity contribution >= 4 is 16.0 Å². The molecular formula is C17H19N3O4S. The second kappa shape index (κ2) is 6.89. The van der Waals surface area contributed by atoms with E-state index >= 15 is 0 Å². The molecule has 0 spiro atoms. The summed E-state index contributed by atoms with van der Waals surface area (Å²) in [6.07, 6.45) is 7.39. The lowest BCUT2D eigenvalue weighted by molar-refractivity contribution is 0.0696. The van der Waals surface area contributed by atoms with Crippen molar-refractivity contribution in [2.24, 2.45) is 5.92 Å². The Kier molecular flexibility index (Phi) is 4.82. The van der Waals surface area contributed by atoms with Crippen LogP contribution in [0.2, 0.25) is 0 Å². The van der Waals surface area contributed by atoms with Crippen LogP contribution < -0.4 is 0 Å². The Hall–Kier alpha value is -2.32. The maximum absolute atomic E-state index is 11.6. The van der Waals surface area contributed by atoms with Crippen LogP contribution in [0, 0.1) is 5.92 Å². The summed E-state index contributed by atoms with van der Waals surface area (Å²) in [5.74, 6) is -0.759. The minimum absolute atomic E-state index is 0.115. The molecule has 1 atom stereocenters. The van der Waals surface area contributed by atoms with Crippen molar-refractivity contribution in [1.29, 1.82) is 0 Å². The first-order valence-electron chi connectivity index (χ1n) is 7.91. The van der Waals surface area contributed by atoms with Crippen molar-refractivity contribution in [3.63, 3.8) is 0 Å². The molecule has 7 nitrogen and oxygen atoms in total. The van der Waals surface area contributed by atoms with Gasteiger partial charge in [-0.25, -0.2) is 17.5 Å². The number of sulfonamides is 1. The number of aromatic nitrogens is 2. The predicted molar refractivity (Wildman–Crippen MR) is 92.7 cm³/mol. The zero-order valence-corrected chi connectivity index (χ0v) is 14.6. The molecule has 132 valence electrons. The maximum Gasteiger partial charge on any atom is 0.337 e. The van der Waals surface area contributed by atoms with E-state index in [9.17, 15) is 13.2 Å². The average molecular weight is 361 g/mol. The van der Waals surface area contributed by atoms with Crippen LogP contribution in [-0.4, -0.2) is 53.1 Å². The summed E-state index contributed by atoms with van der Waals surface area (Å²) in [5, 5.41) is 9.08. The molecule has 0 unspecified atom stereocenters. The summed E-state index contributed by atoms with van der Waals surface area (Å²) < 4.78 is 24.8. The van der Waals surface area contributed by atoms with Crippen molar-refractivity contribution in [3.05, 3.63) is 47.9 Å². The Labute approximate surface area is 146 Å². The van der Waals surface area contributed by atoms with E-state index in [0.29, 0.717) is 24.3 Å². The lowest BCUT2D eigenvalue weighted by atomic mass is 9.98. The Morgan fingerprint density at radius 2 is 2.16 bits per heavy atom. The molecule has 25 heavy (non-hydrogen) atoms. The number of rotatable bonds is 5. The Morgan fingerprint density at radius 1 is 1.36 bits per heavy atom. The van der Waals surface area contributed by atoms with Gasteiger partial charge in [-0.1, -0.05) is 0 Å². The van der Waals surface area contributed by atoms with E-state index in [1.54, 1.807) is 18.5 Å². The van der Waals surface area contributed by atoms with Gasteiger partial charge in [-0.05, 0) is 42.5 Å². The fourth-order valence-corrected chi connectivity index (χ4v) is 3.97. The normalized spacial score (nSPS) is 18.4. The zero-order valence-electron chi connectivity index (χ0n) is 13.8. The average Bonchev–Trinajstić information content (AvgIpc) is 3.04. The van der Waals surface area contributed by atoms with Crippen LogP contribution in [0.3, 0.4) is 0 Å². The van der Waals surface area contributed by atoms with Crippen LogP contribution in [0.25, 0.3) is 11.3 Å². The molecule has 0 aliphatic carbocycles. The van der Waals surface area contributed by atoms with Crippen molar-refractivity contribution in [3.8, 4) is 11.3 Å². The van der Waals surface area contributed by atoms with Crippen molar-refractivity contribution in [2.75, 3.05) is 19.3 Å². The van der Waals surface area contributed by atoms with Crippen molar-refractivity contribution < 1.29 is 18.3 Å². The zero-order chi connectivity index (χ0) is 18.0. The van der Waals surface area contributed by atoms with Crippen LogP contribution in [0.4, 0.5) is 0 Å². The third-order valence-corrected chi connectivity index (χ3v) is 5.62. The van der Waals surface area contributed by atoms with Gasteiger partial charge in [-0.2, -0.15) is 0 Å². The lowest BCUT2D eigenvalue weighted by Crippen LogP contribution is -2.27. The van der Waals surface area contributed by atoms with Crippen LogP contribution in [-0.2, 0) is 16.4 Å².